The van der Waals surface area contributed by atoms with Gasteiger partial charge in [-0.1, -0.05) is 20.8 Å². The molecule has 0 fully saturated rings. The average Bonchev–Trinajstić information content (AvgIpc) is 2.52. The quantitative estimate of drug-likeness (QED) is 0.547. The van der Waals surface area contributed by atoms with E-state index in [2.05, 4.69) is 30.0 Å². The molecule has 1 rings (SSSR count). The first-order valence-electron chi connectivity index (χ1n) is 7.55. The molecule has 2 amide bonds. The average molecular weight is 337 g/mol. The Morgan fingerprint density at radius 2 is 1.83 bits per heavy atom. The van der Waals surface area contributed by atoms with Crippen LogP contribution in [0, 0.1) is 5.92 Å². The second kappa shape index (κ2) is 9.78. The van der Waals surface area contributed by atoms with Crippen LogP contribution in [0.1, 0.15) is 44.0 Å². The maximum absolute atomic E-state index is 11.9. The van der Waals surface area contributed by atoms with Gasteiger partial charge in [-0.3, -0.25) is 20.4 Å². The van der Waals surface area contributed by atoms with E-state index in [1.165, 1.54) is 0 Å². The minimum absolute atomic E-state index is 0.0545. The SMILES string of the molecule is CCC(=O)NC(=S)NNC(=O)c1ccc(OCCC(C)C)cc1. The third-order valence-corrected chi connectivity index (χ3v) is 3.15. The highest BCUT2D eigenvalue weighted by molar-refractivity contribution is 7.80. The smallest absolute Gasteiger partial charge is 0.269 e. The van der Waals surface area contributed by atoms with E-state index in [1.54, 1.807) is 31.2 Å². The third-order valence-electron chi connectivity index (χ3n) is 2.94. The van der Waals surface area contributed by atoms with E-state index >= 15 is 0 Å². The van der Waals surface area contributed by atoms with E-state index < -0.39 is 0 Å². The number of carbonyl (C=O) groups excluding carboxylic acids is 2. The maximum atomic E-state index is 11.9. The van der Waals surface area contributed by atoms with E-state index in [0.717, 1.165) is 12.2 Å². The molecule has 0 aliphatic heterocycles. The van der Waals surface area contributed by atoms with Crippen LogP contribution in [0.3, 0.4) is 0 Å². The summed E-state index contributed by atoms with van der Waals surface area (Å²) in [6.07, 6.45) is 1.29. The largest absolute Gasteiger partial charge is 0.494 e. The molecule has 7 heteroatoms. The molecule has 0 heterocycles. The maximum Gasteiger partial charge on any atom is 0.269 e. The van der Waals surface area contributed by atoms with Crippen molar-refractivity contribution in [2.75, 3.05) is 6.61 Å². The van der Waals surface area contributed by atoms with E-state index in [0.29, 0.717) is 24.5 Å². The van der Waals surface area contributed by atoms with Crippen LogP contribution >= 0.6 is 12.2 Å². The number of thiocarbonyl (C=S) groups is 1. The Hall–Kier alpha value is -2.15. The van der Waals surface area contributed by atoms with Crippen molar-refractivity contribution in [1.82, 2.24) is 16.2 Å². The van der Waals surface area contributed by atoms with Crippen molar-refractivity contribution < 1.29 is 14.3 Å². The van der Waals surface area contributed by atoms with Gasteiger partial charge in [0.2, 0.25) is 5.91 Å². The molecular weight excluding hydrogens is 314 g/mol. The summed E-state index contributed by atoms with van der Waals surface area (Å²) in [5.74, 6) is 0.732. The summed E-state index contributed by atoms with van der Waals surface area (Å²) in [4.78, 5) is 23.1. The van der Waals surface area contributed by atoms with Gasteiger partial charge in [0.15, 0.2) is 5.11 Å². The third kappa shape index (κ3) is 7.60. The molecule has 0 aromatic heterocycles. The summed E-state index contributed by atoms with van der Waals surface area (Å²) in [7, 11) is 0. The van der Waals surface area contributed by atoms with Gasteiger partial charge in [-0.15, -0.1) is 0 Å². The summed E-state index contributed by atoms with van der Waals surface area (Å²) in [6, 6.07) is 6.81. The van der Waals surface area contributed by atoms with Crippen LogP contribution in [0.25, 0.3) is 0 Å². The van der Waals surface area contributed by atoms with Crippen molar-refractivity contribution in [3.63, 3.8) is 0 Å². The normalized spacial score (nSPS) is 10.1. The molecule has 3 N–H and O–H groups in total. The van der Waals surface area contributed by atoms with Gasteiger partial charge >= 0.3 is 0 Å². The Morgan fingerprint density at radius 3 is 2.39 bits per heavy atom. The van der Waals surface area contributed by atoms with Crippen LogP contribution in [-0.2, 0) is 4.79 Å². The minimum Gasteiger partial charge on any atom is -0.494 e. The molecule has 0 aliphatic rings. The van der Waals surface area contributed by atoms with Crippen LogP contribution in [0.4, 0.5) is 0 Å². The monoisotopic (exact) mass is 337 g/mol. The second-order valence-corrected chi connectivity index (χ2v) is 5.77. The molecule has 0 spiro atoms. The standard InChI is InChI=1S/C16H23N3O3S/c1-4-14(20)17-16(23)19-18-15(21)12-5-7-13(8-6-12)22-10-9-11(2)3/h5-8,11H,4,9-10H2,1-3H3,(H,18,21)(H2,17,19,20,23). The lowest BCUT2D eigenvalue weighted by molar-refractivity contribution is -0.119. The highest BCUT2D eigenvalue weighted by Gasteiger charge is 2.07. The zero-order chi connectivity index (χ0) is 17.2. The fraction of sp³-hybridized carbons (Fsp3) is 0.438. The summed E-state index contributed by atoms with van der Waals surface area (Å²) in [5.41, 5.74) is 5.35. The van der Waals surface area contributed by atoms with Crippen LogP contribution < -0.4 is 20.9 Å². The Labute approximate surface area is 141 Å². The lowest BCUT2D eigenvalue weighted by Crippen LogP contribution is -2.48. The molecule has 0 saturated carbocycles. The molecule has 0 radical (unpaired) electrons. The fourth-order valence-electron chi connectivity index (χ4n) is 1.55. The molecule has 0 bridgehead atoms. The van der Waals surface area contributed by atoms with Gasteiger partial charge < -0.3 is 10.1 Å². The fourth-order valence-corrected chi connectivity index (χ4v) is 1.71. The number of amides is 2. The number of hydrogen-bond donors (Lipinski definition) is 3. The van der Waals surface area contributed by atoms with Crippen molar-refractivity contribution in [3.05, 3.63) is 29.8 Å². The lowest BCUT2D eigenvalue weighted by atomic mass is 10.1. The van der Waals surface area contributed by atoms with E-state index in [1.807, 2.05) is 0 Å². The van der Waals surface area contributed by atoms with E-state index in [-0.39, 0.29) is 16.9 Å². The van der Waals surface area contributed by atoms with E-state index in [9.17, 15) is 9.59 Å². The van der Waals surface area contributed by atoms with Crippen molar-refractivity contribution in [3.8, 4) is 5.75 Å². The predicted molar refractivity (Wildman–Crippen MR) is 93.0 cm³/mol. The van der Waals surface area contributed by atoms with Crippen LogP contribution in [0.2, 0.25) is 0 Å². The molecule has 1 aromatic rings. The highest BCUT2D eigenvalue weighted by atomic mass is 32.1. The number of hydrogen-bond acceptors (Lipinski definition) is 4. The second-order valence-electron chi connectivity index (χ2n) is 5.37. The van der Waals surface area contributed by atoms with Gasteiger partial charge in [0, 0.05) is 12.0 Å². The van der Waals surface area contributed by atoms with Crippen molar-refractivity contribution in [2.24, 2.45) is 5.92 Å². The Kier molecular flexibility index (Phi) is 8.04. The topological polar surface area (TPSA) is 79.5 Å². The van der Waals surface area contributed by atoms with Gasteiger partial charge in [0.05, 0.1) is 6.61 Å². The summed E-state index contributed by atoms with van der Waals surface area (Å²) >= 11 is 4.88. The number of nitrogens with one attached hydrogen (secondary N) is 3. The number of hydrazine groups is 1. The highest BCUT2D eigenvalue weighted by Crippen LogP contribution is 2.13. The zero-order valence-electron chi connectivity index (χ0n) is 13.6. The van der Waals surface area contributed by atoms with Crippen molar-refractivity contribution in [1.29, 1.82) is 0 Å². The first-order chi connectivity index (χ1) is 10.9. The molecule has 126 valence electrons. The number of rotatable bonds is 6. The molecule has 0 aliphatic carbocycles. The van der Waals surface area contributed by atoms with E-state index in [4.69, 9.17) is 17.0 Å². The first kappa shape index (κ1) is 18.9. The van der Waals surface area contributed by atoms with Gasteiger partial charge in [0.1, 0.15) is 5.75 Å². The van der Waals surface area contributed by atoms with Crippen molar-refractivity contribution in [2.45, 2.75) is 33.6 Å². The van der Waals surface area contributed by atoms with Crippen LogP contribution in [-0.4, -0.2) is 23.5 Å². The molecule has 0 unspecified atom stereocenters. The van der Waals surface area contributed by atoms with Gasteiger partial charge in [-0.25, -0.2) is 0 Å². The summed E-state index contributed by atoms with van der Waals surface area (Å²) in [5, 5.41) is 2.48. The molecular formula is C16H23N3O3S. The number of carbonyl (C=O) groups is 2. The molecule has 1 aromatic carbocycles. The zero-order valence-corrected chi connectivity index (χ0v) is 14.5. The summed E-state index contributed by atoms with van der Waals surface area (Å²) < 4.78 is 5.59. The Morgan fingerprint density at radius 1 is 1.17 bits per heavy atom. The molecule has 6 nitrogen and oxygen atoms in total. The minimum atomic E-state index is -0.355. The summed E-state index contributed by atoms with van der Waals surface area (Å²) in [6.45, 7) is 6.63. The molecule has 0 atom stereocenters. The predicted octanol–water partition coefficient (Wildman–Crippen LogP) is 2.16. The van der Waals surface area contributed by atoms with Crippen LogP contribution in [0.15, 0.2) is 24.3 Å². The number of benzene rings is 1. The Balaban J connectivity index is 2.42. The first-order valence-corrected chi connectivity index (χ1v) is 7.96. The van der Waals surface area contributed by atoms with Crippen molar-refractivity contribution >= 4 is 29.1 Å². The van der Waals surface area contributed by atoms with Gasteiger partial charge in [0.25, 0.3) is 5.91 Å². The molecule has 23 heavy (non-hydrogen) atoms. The Bertz CT molecular complexity index is 544. The van der Waals surface area contributed by atoms with Crippen LogP contribution in [0.5, 0.6) is 5.75 Å². The lowest BCUT2D eigenvalue weighted by Gasteiger charge is -2.11. The molecule has 0 saturated heterocycles. The van der Waals surface area contributed by atoms with Gasteiger partial charge in [-0.05, 0) is 48.8 Å². The van der Waals surface area contributed by atoms with Gasteiger partial charge in [-0.2, -0.15) is 0 Å². The number of ether oxygens (including phenoxy) is 1.